The third-order valence-electron chi connectivity index (χ3n) is 4.14. The molecule has 1 aliphatic carbocycles. The molecule has 2 N–H and O–H groups in total. The van der Waals surface area contributed by atoms with Crippen molar-refractivity contribution in [2.45, 2.75) is 25.8 Å². The van der Waals surface area contributed by atoms with Crippen molar-refractivity contribution in [3.63, 3.8) is 0 Å². The number of nitrogens with zero attached hydrogens (tertiary/aromatic N) is 4. The smallest absolute Gasteiger partial charge is 0.146 e. The fourth-order valence-corrected chi connectivity index (χ4v) is 4.11. The minimum absolute atomic E-state index is 0.399. The van der Waals surface area contributed by atoms with Crippen LogP contribution in [0.1, 0.15) is 25.8 Å². The van der Waals surface area contributed by atoms with E-state index < -0.39 is 0 Å². The van der Waals surface area contributed by atoms with Gasteiger partial charge in [-0.15, -0.1) is 0 Å². The normalized spacial score (nSPS) is 26.1. The molecule has 0 atom stereocenters. The van der Waals surface area contributed by atoms with E-state index in [9.17, 15) is 0 Å². The molecule has 1 fully saturated rings. The van der Waals surface area contributed by atoms with Gasteiger partial charge in [0, 0.05) is 23.3 Å². The predicted octanol–water partition coefficient (Wildman–Crippen LogP) is 2.68. The Morgan fingerprint density at radius 3 is 2.80 bits per heavy atom. The van der Waals surface area contributed by atoms with Crippen LogP contribution in [0.3, 0.4) is 0 Å². The number of nitrogen functional groups attached to an aromatic ring is 1. The van der Waals surface area contributed by atoms with E-state index in [1.807, 2.05) is 0 Å². The highest BCUT2D eigenvalue weighted by molar-refractivity contribution is 9.10. The first-order valence-corrected chi connectivity index (χ1v) is 7.60. The molecular formula is C14H20BrN5. The molecule has 20 heavy (non-hydrogen) atoms. The third-order valence-corrected chi connectivity index (χ3v) is 4.74. The highest BCUT2D eigenvalue weighted by atomic mass is 79.9. The zero-order chi connectivity index (χ0) is 14.5. The van der Waals surface area contributed by atoms with Crippen molar-refractivity contribution < 1.29 is 0 Å². The first-order valence-electron chi connectivity index (χ1n) is 6.81. The Kier molecular flexibility index (Phi) is 3.25. The van der Waals surface area contributed by atoms with Gasteiger partial charge in [0.15, 0.2) is 0 Å². The van der Waals surface area contributed by atoms with Crippen LogP contribution < -0.4 is 5.73 Å². The summed E-state index contributed by atoms with van der Waals surface area (Å²) in [7, 11) is 4.27. The molecule has 0 aliphatic heterocycles. The largest absolute Gasteiger partial charge is 0.383 e. The van der Waals surface area contributed by atoms with Crippen molar-refractivity contribution in [3.8, 4) is 0 Å². The lowest BCUT2D eigenvalue weighted by atomic mass is 9.66. The molecular weight excluding hydrogens is 318 g/mol. The van der Waals surface area contributed by atoms with Gasteiger partial charge in [-0.05, 0) is 48.3 Å². The van der Waals surface area contributed by atoms with Gasteiger partial charge in [0.2, 0.25) is 0 Å². The number of fused-ring (bicyclic) bond motifs is 1. The average molecular weight is 338 g/mol. The van der Waals surface area contributed by atoms with Gasteiger partial charge >= 0.3 is 0 Å². The number of rotatable bonds is 3. The molecule has 2 aromatic heterocycles. The summed E-state index contributed by atoms with van der Waals surface area (Å²) >= 11 is 3.57. The van der Waals surface area contributed by atoms with Gasteiger partial charge in [-0.25, -0.2) is 9.97 Å². The van der Waals surface area contributed by atoms with Gasteiger partial charge in [-0.1, -0.05) is 6.92 Å². The Balaban J connectivity index is 1.89. The van der Waals surface area contributed by atoms with Crippen molar-refractivity contribution >= 4 is 32.8 Å². The van der Waals surface area contributed by atoms with E-state index in [1.165, 1.54) is 19.2 Å². The summed E-state index contributed by atoms with van der Waals surface area (Å²) in [5, 5.41) is 0.925. The summed E-state index contributed by atoms with van der Waals surface area (Å²) in [5.74, 6) is 0.538. The second-order valence-electron chi connectivity index (χ2n) is 6.45. The molecule has 0 amide bonds. The van der Waals surface area contributed by atoms with E-state index >= 15 is 0 Å². The van der Waals surface area contributed by atoms with Gasteiger partial charge in [-0.3, -0.25) is 0 Å². The molecule has 1 aliphatic rings. The highest BCUT2D eigenvalue weighted by Gasteiger charge is 2.42. The van der Waals surface area contributed by atoms with E-state index in [4.69, 9.17) is 5.73 Å². The van der Waals surface area contributed by atoms with E-state index in [0.717, 1.165) is 22.1 Å². The van der Waals surface area contributed by atoms with Crippen molar-refractivity contribution in [2.24, 2.45) is 5.41 Å². The summed E-state index contributed by atoms with van der Waals surface area (Å²) in [4.78, 5) is 10.7. The first kappa shape index (κ1) is 13.8. The Labute approximate surface area is 127 Å². The quantitative estimate of drug-likeness (QED) is 0.935. The van der Waals surface area contributed by atoms with E-state index in [0.29, 0.717) is 17.3 Å². The number of aromatic nitrogens is 3. The van der Waals surface area contributed by atoms with E-state index in [1.54, 1.807) is 0 Å². The lowest BCUT2D eigenvalue weighted by Gasteiger charge is -2.47. The molecule has 1 saturated carbocycles. The van der Waals surface area contributed by atoms with Gasteiger partial charge in [0.25, 0.3) is 0 Å². The maximum atomic E-state index is 5.95. The maximum Gasteiger partial charge on any atom is 0.146 e. The fraction of sp³-hybridized carbons (Fsp3) is 0.571. The summed E-state index contributed by atoms with van der Waals surface area (Å²) in [6.07, 6.45) is 5.98. The van der Waals surface area contributed by atoms with Gasteiger partial charge in [0.1, 0.15) is 17.8 Å². The number of halogens is 1. The summed E-state index contributed by atoms with van der Waals surface area (Å²) in [5.41, 5.74) is 7.28. The highest BCUT2D eigenvalue weighted by Crippen LogP contribution is 2.50. The maximum absolute atomic E-state index is 5.95. The first-order chi connectivity index (χ1) is 9.39. The number of hydrogen-bond donors (Lipinski definition) is 1. The molecule has 0 aromatic carbocycles. The lowest BCUT2D eigenvalue weighted by molar-refractivity contribution is 0.0545. The molecule has 0 unspecified atom stereocenters. The lowest BCUT2D eigenvalue weighted by Crippen LogP contribution is -2.43. The molecule has 0 bridgehead atoms. The van der Waals surface area contributed by atoms with Crippen LogP contribution in [0.25, 0.3) is 11.0 Å². The number of anilines is 1. The molecule has 0 spiro atoms. The van der Waals surface area contributed by atoms with Crippen LogP contribution in [0, 0.1) is 5.41 Å². The summed E-state index contributed by atoms with van der Waals surface area (Å²) in [6.45, 7) is 3.48. The molecule has 3 rings (SSSR count). The van der Waals surface area contributed by atoms with Crippen LogP contribution >= 0.6 is 15.9 Å². The molecule has 6 heteroatoms. The van der Waals surface area contributed by atoms with Gasteiger partial charge in [-0.2, -0.15) is 0 Å². The third kappa shape index (κ3) is 2.20. The van der Waals surface area contributed by atoms with E-state index in [-0.39, 0.29) is 0 Å². The van der Waals surface area contributed by atoms with Crippen LogP contribution in [-0.4, -0.2) is 40.1 Å². The van der Waals surface area contributed by atoms with Crippen molar-refractivity contribution in [1.29, 1.82) is 0 Å². The Morgan fingerprint density at radius 1 is 1.45 bits per heavy atom. The second kappa shape index (κ2) is 4.70. The minimum atomic E-state index is 0.399. The monoisotopic (exact) mass is 337 g/mol. The van der Waals surface area contributed by atoms with Crippen LogP contribution in [0.15, 0.2) is 17.0 Å². The second-order valence-corrected chi connectivity index (χ2v) is 7.31. The Morgan fingerprint density at radius 2 is 2.15 bits per heavy atom. The van der Waals surface area contributed by atoms with Crippen LogP contribution in [0.5, 0.6) is 0 Å². The van der Waals surface area contributed by atoms with Crippen LogP contribution in [0.4, 0.5) is 5.82 Å². The molecule has 108 valence electrons. The Bertz CT molecular complexity index is 642. The fourth-order valence-electron chi connectivity index (χ4n) is 3.51. The minimum Gasteiger partial charge on any atom is -0.383 e. The SMILES string of the molecule is CN(C)CC1(C)CC(n2cc(Br)c3c(N)ncnc32)C1. The van der Waals surface area contributed by atoms with Crippen LogP contribution in [0.2, 0.25) is 0 Å². The van der Waals surface area contributed by atoms with Crippen molar-refractivity contribution in [1.82, 2.24) is 19.4 Å². The number of nitrogens with two attached hydrogens (primary N) is 1. The van der Waals surface area contributed by atoms with Crippen LogP contribution in [-0.2, 0) is 0 Å². The molecule has 0 radical (unpaired) electrons. The zero-order valence-electron chi connectivity index (χ0n) is 12.1. The number of hydrogen-bond acceptors (Lipinski definition) is 4. The standard InChI is InChI=1S/C14H20BrN5/c1-14(7-19(2)3)4-9(5-14)20-6-10(15)11-12(16)17-8-18-13(11)20/h6,8-9H,4-5,7H2,1-3H3,(H2,16,17,18). The summed E-state index contributed by atoms with van der Waals surface area (Å²) < 4.78 is 3.22. The predicted molar refractivity (Wildman–Crippen MR) is 84.6 cm³/mol. The Hall–Kier alpha value is -1.14. The molecule has 5 nitrogen and oxygen atoms in total. The molecule has 2 heterocycles. The molecule has 2 aromatic rings. The molecule has 0 saturated heterocycles. The van der Waals surface area contributed by atoms with Gasteiger partial charge < -0.3 is 15.2 Å². The average Bonchev–Trinajstić information content (AvgIpc) is 2.64. The summed E-state index contributed by atoms with van der Waals surface area (Å²) in [6, 6.07) is 0.503. The van der Waals surface area contributed by atoms with Gasteiger partial charge in [0.05, 0.1) is 5.39 Å². The topological polar surface area (TPSA) is 60.0 Å². The van der Waals surface area contributed by atoms with Crippen molar-refractivity contribution in [2.75, 3.05) is 26.4 Å². The zero-order valence-corrected chi connectivity index (χ0v) is 13.7. The van der Waals surface area contributed by atoms with Crippen molar-refractivity contribution in [3.05, 3.63) is 17.0 Å². The van der Waals surface area contributed by atoms with E-state index in [2.05, 4.69) is 62.6 Å².